The van der Waals surface area contributed by atoms with E-state index < -0.39 is 0 Å². The Morgan fingerprint density at radius 3 is 2.75 bits per heavy atom. The first-order valence-corrected chi connectivity index (χ1v) is 4.67. The molecule has 1 fully saturated rings. The van der Waals surface area contributed by atoms with Crippen molar-refractivity contribution in [3.8, 4) is 0 Å². The van der Waals surface area contributed by atoms with Crippen molar-refractivity contribution in [1.82, 2.24) is 4.90 Å². The van der Waals surface area contributed by atoms with Crippen LogP contribution in [0.15, 0.2) is 0 Å². The van der Waals surface area contributed by atoms with Crippen LogP contribution in [0, 0.1) is 0 Å². The Hall–Kier alpha value is -0.120. The summed E-state index contributed by atoms with van der Waals surface area (Å²) in [6.45, 7) is 10.2. The molecular weight excluding hydrogens is 152 g/mol. The van der Waals surface area contributed by atoms with Crippen LogP contribution in [0.4, 0.5) is 0 Å². The van der Waals surface area contributed by atoms with E-state index in [0.717, 1.165) is 26.2 Å². The van der Waals surface area contributed by atoms with Crippen LogP contribution in [-0.4, -0.2) is 42.8 Å². The molecule has 3 nitrogen and oxygen atoms in total. The van der Waals surface area contributed by atoms with Crippen LogP contribution in [0.1, 0.15) is 20.8 Å². The highest BCUT2D eigenvalue weighted by Crippen LogP contribution is 2.14. The molecule has 1 rings (SSSR count). The van der Waals surface area contributed by atoms with Gasteiger partial charge in [-0.2, -0.15) is 0 Å². The molecule has 1 heterocycles. The minimum absolute atomic E-state index is 0.186. The minimum atomic E-state index is -0.214. The summed E-state index contributed by atoms with van der Waals surface area (Å²) in [6, 6.07) is 0. The molecule has 1 aliphatic rings. The van der Waals surface area contributed by atoms with Crippen molar-refractivity contribution in [2.75, 3.05) is 26.2 Å². The van der Waals surface area contributed by atoms with Gasteiger partial charge in [-0.1, -0.05) is 6.92 Å². The average molecular weight is 172 g/mol. The molecule has 0 aromatic rings. The fourth-order valence-electron chi connectivity index (χ4n) is 1.44. The molecule has 2 N–H and O–H groups in total. The quantitative estimate of drug-likeness (QED) is 0.657. The topological polar surface area (TPSA) is 38.5 Å². The highest BCUT2D eigenvalue weighted by Gasteiger charge is 2.30. The number of hydrogen-bond donors (Lipinski definition) is 1. The summed E-state index contributed by atoms with van der Waals surface area (Å²) >= 11 is 0. The number of morpholine rings is 1. The van der Waals surface area contributed by atoms with Gasteiger partial charge in [-0.15, -0.1) is 0 Å². The van der Waals surface area contributed by atoms with Gasteiger partial charge in [-0.25, -0.2) is 0 Å². The summed E-state index contributed by atoms with van der Waals surface area (Å²) in [5.41, 5.74) is 5.76. The van der Waals surface area contributed by atoms with E-state index in [2.05, 4.69) is 11.8 Å². The number of nitrogens with two attached hydrogens (primary N) is 1. The maximum atomic E-state index is 5.98. The van der Waals surface area contributed by atoms with Gasteiger partial charge in [0, 0.05) is 18.6 Å². The fraction of sp³-hybridized carbons (Fsp3) is 1.00. The SMILES string of the molecule is CCN1CCOC(C(C)(C)N)C1. The van der Waals surface area contributed by atoms with Crippen molar-refractivity contribution in [1.29, 1.82) is 0 Å². The molecule has 0 spiro atoms. The zero-order valence-corrected chi connectivity index (χ0v) is 8.34. The lowest BCUT2D eigenvalue weighted by Gasteiger charge is -2.38. The summed E-state index contributed by atoms with van der Waals surface area (Å²) in [4.78, 5) is 2.38. The summed E-state index contributed by atoms with van der Waals surface area (Å²) in [5, 5.41) is 0. The molecular formula is C9H20N2O. The third kappa shape index (κ3) is 2.44. The van der Waals surface area contributed by atoms with Crippen LogP contribution in [-0.2, 0) is 4.74 Å². The highest BCUT2D eigenvalue weighted by atomic mass is 16.5. The van der Waals surface area contributed by atoms with Gasteiger partial charge >= 0.3 is 0 Å². The Labute approximate surface area is 74.9 Å². The van der Waals surface area contributed by atoms with Crippen LogP contribution in [0.25, 0.3) is 0 Å². The van der Waals surface area contributed by atoms with Crippen molar-refractivity contribution >= 4 is 0 Å². The smallest absolute Gasteiger partial charge is 0.0876 e. The highest BCUT2D eigenvalue weighted by molar-refractivity contribution is 4.87. The van der Waals surface area contributed by atoms with E-state index in [1.54, 1.807) is 0 Å². The van der Waals surface area contributed by atoms with E-state index in [1.807, 2.05) is 13.8 Å². The number of hydrogen-bond acceptors (Lipinski definition) is 3. The third-order valence-electron chi connectivity index (χ3n) is 2.43. The molecule has 1 atom stereocenters. The van der Waals surface area contributed by atoms with Crippen LogP contribution in [0.2, 0.25) is 0 Å². The molecule has 1 unspecified atom stereocenters. The maximum Gasteiger partial charge on any atom is 0.0876 e. The molecule has 0 bridgehead atoms. The molecule has 0 radical (unpaired) electrons. The molecule has 72 valence electrons. The first-order valence-electron chi connectivity index (χ1n) is 4.67. The molecule has 0 aliphatic carbocycles. The average Bonchev–Trinajstić information content (AvgIpc) is 2.03. The van der Waals surface area contributed by atoms with Gasteiger partial charge in [0.1, 0.15) is 0 Å². The normalized spacial score (nSPS) is 27.5. The predicted octanol–water partition coefficient (Wildman–Crippen LogP) is 0.444. The standard InChI is InChI=1S/C9H20N2O/c1-4-11-5-6-12-8(7-11)9(2,3)10/h8H,4-7,10H2,1-3H3. The Balaban J connectivity index is 2.46. The molecule has 3 heteroatoms. The third-order valence-corrected chi connectivity index (χ3v) is 2.43. The van der Waals surface area contributed by atoms with Gasteiger partial charge in [0.15, 0.2) is 0 Å². The van der Waals surface area contributed by atoms with Crippen LogP contribution in [0.5, 0.6) is 0 Å². The molecule has 0 amide bonds. The molecule has 0 aromatic heterocycles. The van der Waals surface area contributed by atoms with Gasteiger partial charge in [0.25, 0.3) is 0 Å². The molecule has 12 heavy (non-hydrogen) atoms. The zero-order chi connectivity index (χ0) is 9.19. The number of rotatable bonds is 2. The van der Waals surface area contributed by atoms with Gasteiger partial charge in [-0.3, -0.25) is 4.90 Å². The Bertz CT molecular complexity index is 142. The van der Waals surface area contributed by atoms with E-state index in [9.17, 15) is 0 Å². The lowest BCUT2D eigenvalue weighted by molar-refractivity contribution is -0.0572. The summed E-state index contributed by atoms with van der Waals surface area (Å²) < 4.78 is 5.61. The monoisotopic (exact) mass is 172 g/mol. The predicted molar refractivity (Wildman–Crippen MR) is 50.1 cm³/mol. The van der Waals surface area contributed by atoms with Crippen LogP contribution < -0.4 is 5.73 Å². The van der Waals surface area contributed by atoms with Gasteiger partial charge in [0.05, 0.1) is 12.7 Å². The van der Waals surface area contributed by atoms with E-state index in [4.69, 9.17) is 10.5 Å². The fourth-order valence-corrected chi connectivity index (χ4v) is 1.44. The Morgan fingerprint density at radius 1 is 1.58 bits per heavy atom. The molecule has 0 aromatic carbocycles. The number of ether oxygens (including phenoxy) is 1. The van der Waals surface area contributed by atoms with Crippen LogP contribution >= 0.6 is 0 Å². The van der Waals surface area contributed by atoms with Gasteiger partial charge < -0.3 is 10.5 Å². The summed E-state index contributed by atoms with van der Waals surface area (Å²) in [6.07, 6.45) is 0.186. The largest absolute Gasteiger partial charge is 0.374 e. The van der Waals surface area contributed by atoms with Crippen molar-refractivity contribution in [3.63, 3.8) is 0 Å². The van der Waals surface area contributed by atoms with E-state index >= 15 is 0 Å². The van der Waals surface area contributed by atoms with Gasteiger partial charge in [-0.05, 0) is 20.4 Å². The van der Waals surface area contributed by atoms with Crippen LogP contribution in [0.3, 0.4) is 0 Å². The Morgan fingerprint density at radius 2 is 2.25 bits per heavy atom. The van der Waals surface area contributed by atoms with Crippen molar-refractivity contribution in [2.24, 2.45) is 5.73 Å². The number of nitrogens with zero attached hydrogens (tertiary/aromatic N) is 1. The second kappa shape index (κ2) is 3.73. The Kier molecular flexibility index (Phi) is 3.09. The number of likely N-dealkylation sites (N-methyl/N-ethyl adjacent to an activating group) is 1. The van der Waals surface area contributed by atoms with Crippen molar-refractivity contribution in [3.05, 3.63) is 0 Å². The second-order valence-corrected chi connectivity index (χ2v) is 4.07. The van der Waals surface area contributed by atoms with E-state index in [1.165, 1.54) is 0 Å². The lowest BCUT2D eigenvalue weighted by atomic mass is 9.97. The van der Waals surface area contributed by atoms with Crippen molar-refractivity contribution in [2.45, 2.75) is 32.4 Å². The summed E-state index contributed by atoms with van der Waals surface area (Å²) in [7, 11) is 0. The molecule has 0 saturated carbocycles. The van der Waals surface area contributed by atoms with Gasteiger partial charge in [0.2, 0.25) is 0 Å². The molecule has 1 aliphatic heterocycles. The second-order valence-electron chi connectivity index (χ2n) is 4.07. The van der Waals surface area contributed by atoms with E-state index in [0.29, 0.717) is 0 Å². The molecule has 1 saturated heterocycles. The van der Waals surface area contributed by atoms with E-state index in [-0.39, 0.29) is 11.6 Å². The minimum Gasteiger partial charge on any atom is -0.374 e. The lowest BCUT2D eigenvalue weighted by Crippen LogP contribution is -2.56. The zero-order valence-electron chi connectivity index (χ0n) is 8.34. The maximum absolute atomic E-state index is 5.98. The first kappa shape index (κ1) is 9.96. The summed E-state index contributed by atoms with van der Waals surface area (Å²) in [5.74, 6) is 0. The first-order chi connectivity index (χ1) is 5.54. The van der Waals surface area contributed by atoms with Crippen molar-refractivity contribution < 1.29 is 4.74 Å².